The Morgan fingerprint density at radius 2 is 1.86 bits per heavy atom. The fraction of sp³-hybridized carbons (Fsp3) is 0.900. The largest absolute Gasteiger partial charge is 0.370 e. The van der Waals surface area contributed by atoms with Gasteiger partial charge in [0.25, 0.3) is 0 Å². The van der Waals surface area contributed by atoms with Crippen LogP contribution in [-0.4, -0.2) is 23.5 Å². The summed E-state index contributed by atoms with van der Waals surface area (Å²) in [7, 11) is 4.04. The lowest BCUT2D eigenvalue weighted by Crippen LogP contribution is -2.50. The van der Waals surface area contributed by atoms with E-state index in [2.05, 4.69) is 56.5 Å². The van der Waals surface area contributed by atoms with Crippen molar-refractivity contribution < 1.29 is 0 Å². The number of hydrogen-bond acceptors (Lipinski definition) is 3. The van der Waals surface area contributed by atoms with Crippen LogP contribution in [0.3, 0.4) is 0 Å². The second-order valence-corrected chi connectivity index (χ2v) is 16.2. The third-order valence-corrected chi connectivity index (χ3v) is 13.8. The lowest BCUT2D eigenvalue weighted by molar-refractivity contribution is -0.0497. The molecule has 0 heterocycles. The summed E-state index contributed by atoms with van der Waals surface area (Å²) in [5, 5.41) is 0.756. The monoisotopic (exact) mass is 519 g/mol. The lowest BCUT2D eigenvalue weighted by Gasteiger charge is -2.58. The molecule has 200 valence electrons. The van der Waals surface area contributed by atoms with Gasteiger partial charge in [0.15, 0.2) is 5.96 Å². The highest BCUT2D eigenvalue weighted by Gasteiger charge is 2.59. The van der Waals surface area contributed by atoms with Crippen LogP contribution in [0.15, 0.2) is 16.6 Å². The van der Waals surface area contributed by atoms with Gasteiger partial charge in [0, 0.05) is 11.0 Å². The Morgan fingerprint density at radius 3 is 2.60 bits per heavy atom. The molecule has 0 aromatic rings. The molecule has 0 aromatic carbocycles. The summed E-state index contributed by atoms with van der Waals surface area (Å²) in [4.78, 5) is 4.13. The van der Waals surface area contributed by atoms with Gasteiger partial charge in [-0.3, -0.25) is 4.99 Å². The van der Waals surface area contributed by atoms with Gasteiger partial charge < -0.3 is 11.5 Å². The minimum atomic E-state index is 0.212. The van der Waals surface area contributed by atoms with Crippen molar-refractivity contribution in [1.82, 2.24) is 0 Å². The van der Waals surface area contributed by atoms with E-state index in [0.717, 1.165) is 53.1 Å². The van der Waals surface area contributed by atoms with E-state index in [1.54, 1.807) is 0 Å². The fourth-order valence-corrected chi connectivity index (χ4v) is 11.6. The zero-order chi connectivity index (χ0) is 25.2. The maximum absolute atomic E-state index is 5.45. The molecule has 8 atom stereocenters. The second kappa shape index (κ2) is 11.6. The lowest BCUT2D eigenvalue weighted by atomic mass is 9.47. The van der Waals surface area contributed by atoms with Crippen LogP contribution in [0.1, 0.15) is 105 Å². The number of nitrogens with two attached hydrogens (primary N) is 2. The first-order valence-corrected chi connectivity index (χ1v) is 17.1. The van der Waals surface area contributed by atoms with Crippen molar-refractivity contribution in [1.29, 1.82) is 0 Å². The van der Waals surface area contributed by atoms with Crippen LogP contribution in [0, 0.1) is 46.3 Å². The molecular weight excluding hydrogens is 466 g/mol. The topological polar surface area (TPSA) is 64.4 Å². The van der Waals surface area contributed by atoms with Gasteiger partial charge in [-0.2, -0.15) is 0 Å². The summed E-state index contributed by atoms with van der Waals surface area (Å²) in [6, 6.07) is 0. The van der Waals surface area contributed by atoms with Crippen LogP contribution in [0.4, 0.5) is 0 Å². The molecule has 4 N–H and O–H groups in total. The van der Waals surface area contributed by atoms with E-state index in [1.807, 2.05) is 16.4 Å². The molecule has 4 rings (SSSR count). The zero-order valence-corrected chi connectivity index (χ0v) is 24.9. The molecule has 0 aliphatic heterocycles. The average Bonchev–Trinajstić information content (AvgIpc) is 3.15. The molecule has 0 saturated heterocycles. The van der Waals surface area contributed by atoms with Crippen LogP contribution >= 0.6 is 21.6 Å². The molecular formula is C30H53N3S2. The molecule has 3 saturated carbocycles. The number of allylic oxidation sites excluding steroid dienone is 2. The molecule has 35 heavy (non-hydrogen) atoms. The van der Waals surface area contributed by atoms with Crippen LogP contribution in [0.5, 0.6) is 0 Å². The van der Waals surface area contributed by atoms with Crippen molar-refractivity contribution in [3.63, 3.8) is 0 Å². The summed E-state index contributed by atoms with van der Waals surface area (Å²) < 4.78 is 0. The van der Waals surface area contributed by atoms with Gasteiger partial charge in [-0.05, 0) is 97.7 Å². The van der Waals surface area contributed by atoms with Crippen molar-refractivity contribution in [2.45, 2.75) is 110 Å². The van der Waals surface area contributed by atoms with Gasteiger partial charge in [-0.15, -0.1) is 0 Å². The number of aliphatic imine (C=N–C) groups is 1. The van der Waals surface area contributed by atoms with E-state index in [1.165, 1.54) is 70.6 Å². The van der Waals surface area contributed by atoms with Crippen LogP contribution < -0.4 is 11.5 Å². The van der Waals surface area contributed by atoms with Gasteiger partial charge in [0.2, 0.25) is 0 Å². The van der Waals surface area contributed by atoms with E-state index in [9.17, 15) is 0 Å². The Labute approximate surface area is 224 Å². The van der Waals surface area contributed by atoms with E-state index < -0.39 is 0 Å². The highest BCUT2D eigenvalue weighted by Crippen LogP contribution is 2.67. The summed E-state index contributed by atoms with van der Waals surface area (Å²) in [5.74, 6) is 6.76. The smallest absolute Gasteiger partial charge is 0.185 e. The van der Waals surface area contributed by atoms with Crippen molar-refractivity contribution in [2.24, 2.45) is 62.8 Å². The Hall–Kier alpha value is -0.290. The predicted octanol–water partition coefficient (Wildman–Crippen LogP) is 8.05. The third-order valence-electron chi connectivity index (χ3n) is 10.9. The molecule has 4 aliphatic rings. The number of hydrogen-bond donors (Lipinski definition) is 2. The second-order valence-electron chi connectivity index (χ2n) is 13.4. The van der Waals surface area contributed by atoms with Crippen LogP contribution in [0.25, 0.3) is 0 Å². The molecule has 0 bridgehead atoms. The first-order chi connectivity index (χ1) is 16.6. The first-order valence-electron chi connectivity index (χ1n) is 14.7. The Balaban J connectivity index is 1.36. The van der Waals surface area contributed by atoms with Crippen molar-refractivity contribution in [3.05, 3.63) is 11.6 Å². The molecule has 0 aromatic heterocycles. The maximum Gasteiger partial charge on any atom is 0.185 e. The van der Waals surface area contributed by atoms with Gasteiger partial charge in [-0.1, -0.05) is 87.1 Å². The summed E-state index contributed by atoms with van der Waals surface area (Å²) >= 11 is 0. The Kier molecular flexibility index (Phi) is 9.21. The number of fused-ring (bicyclic) bond motifs is 5. The number of rotatable bonds is 10. The van der Waals surface area contributed by atoms with E-state index in [4.69, 9.17) is 11.5 Å². The van der Waals surface area contributed by atoms with Gasteiger partial charge >= 0.3 is 0 Å². The number of nitrogens with zero attached hydrogens (tertiary/aromatic N) is 1. The molecule has 0 amide bonds. The third kappa shape index (κ3) is 5.91. The van der Waals surface area contributed by atoms with Gasteiger partial charge in [-0.25, -0.2) is 0 Å². The number of guanidine groups is 1. The highest BCUT2D eigenvalue weighted by atomic mass is 33.1. The van der Waals surface area contributed by atoms with E-state index >= 15 is 0 Å². The molecule has 5 heteroatoms. The van der Waals surface area contributed by atoms with Crippen molar-refractivity contribution in [3.8, 4) is 0 Å². The molecule has 3 fully saturated rings. The van der Waals surface area contributed by atoms with Crippen molar-refractivity contribution in [2.75, 3.05) is 12.3 Å². The minimum absolute atomic E-state index is 0.212. The highest BCUT2D eigenvalue weighted by molar-refractivity contribution is 8.76. The Bertz CT molecular complexity index is 776. The summed E-state index contributed by atoms with van der Waals surface area (Å²) in [6.45, 7) is 13.5. The predicted molar refractivity (Wildman–Crippen MR) is 158 cm³/mol. The molecule has 0 radical (unpaired) electrons. The summed E-state index contributed by atoms with van der Waals surface area (Å²) in [5.41, 5.74) is 13.8. The zero-order valence-electron chi connectivity index (χ0n) is 23.2. The SMILES string of the molecule is CC(C)CCCC(C)[C@H]1CCC2C3CC=C4CC(SSCCN=C(N)N)CCC4(C)C3CCC21C. The maximum atomic E-state index is 5.45. The molecule has 3 nitrogen and oxygen atoms in total. The molecule has 4 aliphatic carbocycles. The first kappa shape index (κ1) is 27.7. The normalized spacial score (nSPS) is 39.4. The van der Waals surface area contributed by atoms with Crippen molar-refractivity contribution >= 4 is 27.5 Å². The molecule has 0 spiro atoms. The van der Waals surface area contributed by atoms with Crippen LogP contribution in [-0.2, 0) is 0 Å². The standard InChI is InChI=1S/C30H53N3S2/c1-20(2)7-6-8-21(3)25-11-12-26-24-10-9-22-19-23(35-34-18-17-33-28(31)32)13-15-29(22,4)27(24)14-16-30(25,26)5/h9,20-21,23-27H,6-8,10-19H2,1-5H3,(H4,31,32,33)/t21?,23?,24?,25-,26?,27?,29?,30?/m1/s1. The van der Waals surface area contributed by atoms with Gasteiger partial charge in [0.05, 0.1) is 6.54 Å². The summed E-state index contributed by atoms with van der Waals surface area (Å²) in [6.07, 6.45) is 18.4. The Morgan fingerprint density at radius 1 is 1.06 bits per heavy atom. The average molecular weight is 520 g/mol. The van der Waals surface area contributed by atoms with Crippen LogP contribution in [0.2, 0.25) is 0 Å². The van der Waals surface area contributed by atoms with Gasteiger partial charge in [0.1, 0.15) is 0 Å². The molecule has 7 unspecified atom stereocenters. The van der Waals surface area contributed by atoms with E-state index in [-0.39, 0.29) is 5.96 Å². The van der Waals surface area contributed by atoms with E-state index in [0.29, 0.717) is 10.8 Å². The fourth-order valence-electron chi connectivity index (χ4n) is 9.09. The quantitative estimate of drug-likeness (QED) is 0.101. The minimum Gasteiger partial charge on any atom is -0.370 e.